The summed E-state index contributed by atoms with van der Waals surface area (Å²) >= 11 is 0. The summed E-state index contributed by atoms with van der Waals surface area (Å²) in [6.45, 7) is 7.83. The van der Waals surface area contributed by atoms with Crippen LogP contribution in [0.3, 0.4) is 0 Å². The Morgan fingerprint density at radius 2 is 1.38 bits per heavy atom. The summed E-state index contributed by atoms with van der Waals surface area (Å²) in [4.78, 5) is 1.90. The summed E-state index contributed by atoms with van der Waals surface area (Å²) < 4.78 is 17.9. The topological polar surface area (TPSA) is 124 Å². The molecule has 2 atom stereocenters. The molecule has 4 aromatic carbocycles. The maximum atomic E-state index is 9.76. The number of nitrogens with zero attached hydrogens (tertiary/aromatic N) is 1. The zero-order valence-electron chi connectivity index (χ0n) is 32.7. The van der Waals surface area contributed by atoms with Gasteiger partial charge in [-0.25, -0.2) is 0 Å². The fraction of sp³-hybridized carbons (Fsp3) is 0.455. The average Bonchev–Trinajstić information content (AvgIpc) is 3.19. The van der Waals surface area contributed by atoms with E-state index in [4.69, 9.17) is 24.4 Å². The Balaban J connectivity index is 0.000000242. The molecule has 11 heteroatoms. The third-order valence-electron chi connectivity index (χ3n) is 9.49. The van der Waals surface area contributed by atoms with Gasteiger partial charge in [0.15, 0.2) is 0 Å². The molecule has 2 heterocycles. The lowest BCUT2D eigenvalue weighted by molar-refractivity contribution is 0.136. The van der Waals surface area contributed by atoms with Crippen molar-refractivity contribution in [2.45, 2.75) is 83.7 Å². The van der Waals surface area contributed by atoms with E-state index < -0.39 is 7.05 Å². The minimum absolute atomic E-state index is 0. The molecule has 5 N–H and O–H groups in total. The molecular formula is C44H62BClN2O7. The summed E-state index contributed by atoms with van der Waals surface area (Å²) in [5.41, 5.74) is 5.09. The van der Waals surface area contributed by atoms with Gasteiger partial charge < -0.3 is 44.7 Å². The third kappa shape index (κ3) is 16.9. The molecule has 9 nitrogen and oxygen atoms in total. The molecule has 0 spiro atoms. The first-order chi connectivity index (χ1) is 26.4. The Morgan fingerprint density at radius 1 is 0.782 bits per heavy atom. The number of nitrogens with one attached hydrogen (secondary N) is 1. The van der Waals surface area contributed by atoms with Crippen molar-refractivity contribution < 1.29 is 34.6 Å². The fourth-order valence-corrected chi connectivity index (χ4v) is 6.48. The Hall–Kier alpha value is -3.77. The molecule has 55 heavy (non-hydrogen) atoms. The van der Waals surface area contributed by atoms with Crippen LogP contribution in [0.15, 0.2) is 97.1 Å². The van der Waals surface area contributed by atoms with Crippen LogP contribution >= 0.6 is 12.4 Å². The number of aliphatic hydroxyl groups is 2. The number of phenols is 1. The van der Waals surface area contributed by atoms with E-state index >= 15 is 0 Å². The molecule has 4 aromatic rings. The number of benzene rings is 4. The zero-order valence-corrected chi connectivity index (χ0v) is 33.5. The molecular weight excluding hydrogens is 715 g/mol. The number of hydrogen-bond donors (Lipinski definition) is 5. The number of aliphatic hydroxyl groups excluding tert-OH is 2. The van der Waals surface area contributed by atoms with E-state index in [1.54, 1.807) is 19.0 Å². The molecule has 2 aliphatic rings. The van der Waals surface area contributed by atoms with E-state index in [0.717, 1.165) is 74.4 Å². The van der Waals surface area contributed by atoms with Crippen molar-refractivity contribution in [2.75, 3.05) is 46.0 Å². The van der Waals surface area contributed by atoms with E-state index in [9.17, 15) is 10.1 Å². The summed E-state index contributed by atoms with van der Waals surface area (Å²) in [6, 6.07) is 32.3. The van der Waals surface area contributed by atoms with Crippen molar-refractivity contribution in [1.29, 1.82) is 0 Å². The van der Waals surface area contributed by atoms with Gasteiger partial charge in [-0.05, 0) is 99.2 Å². The Kier molecular flexibility index (Phi) is 21.7. The molecule has 0 radical (unpaired) electrons. The SMILES string of the molecule is CB(O)N(CCCO)CC1CCc2ccc(O)cc2O1.CCCc1ccccc1.Cl.OCCCNCC1CCc2ccc(OCCc3ccccc3)cc2O1. The second kappa shape index (κ2) is 26.2. The fourth-order valence-electron chi connectivity index (χ4n) is 6.48. The third-order valence-corrected chi connectivity index (χ3v) is 9.49. The average molecular weight is 777 g/mol. The number of fused-ring (bicyclic) bond motifs is 2. The monoisotopic (exact) mass is 776 g/mol. The minimum atomic E-state index is -0.560. The largest absolute Gasteiger partial charge is 0.508 e. The maximum absolute atomic E-state index is 9.76. The summed E-state index contributed by atoms with van der Waals surface area (Å²) in [7, 11) is -0.560. The van der Waals surface area contributed by atoms with E-state index in [2.05, 4.69) is 72.9 Å². The van der Waals surface area contributed by atoms with Crippen molar-refractivity contribution >= 4 is 19.5 Å². The lowest BCUT2D eigenvalue weighted by Crippen LogP contribution is -2.45. The van der Waals surface area contributed by atoms with Crippen LogP contribution in [0.5, 0.6) is 23.0 Å². The van der Waals surface area contributed by atoms with Gasteiger partial charge >= 0.3 is 7.05 Å². The highest BCUT2D eigenvalue weighted by Gasteiger charge is 2.25. The quantitative estimate of drug-likeness (QED) is 0.0575. The number of aromatic hydroxyl groups is 1. The van der Waals surface area contributed by atoms with Crippen molar-refractivity contribution in [1.82, 2.24) is 10.1 Å². The summed E-state index contributed by atoms with van der Waals surface area (Å²) in [5, 5.41) is 40.3. The van der Waals surface area contributed by atoms with Gasteiger partial charge in [0, 0.05) is 44.9 Å². The highest BCUT2D eigenvalue weighted by molar-refractivity contribution is 6.45. The highest BCUT2D eigenvalue weighted by Crippen LogP contribution is 2.32. The standard InChI is InChI=1S/C21H27NO3.C14H22BNO4.C9H12.ClH/c23-13-4-12-22-16-20-10-8-18-7-9-19(15-21(18)25-20)24-14-11-17-5-2-1-3-6-17;1-15(19)16(7-2-8-17)10-13-6-4-11-3-5-12(18)9-14(11)20-13;1-2-6-9-7-4-3-5-8-9;/h1-3,5-7,9,15,20,22-23H,4,8,10-14,16H2;3,5,9,13,17-19H,2,4,6-8,10H2,1H3;3-5,7-8H,2,6H2,1H3;1H. The summed E-state index contributed by atoms with van der Waals surface area (Å²) in [5.74, 6) is 2.74. The van der Waals surface area contributed by atoms with E-state index in [1.165, 1.54) is 29.5 Å². The summed E-state index contributed by atoms with van der Waals surface area (Å²) in [6.07, 6.45) is 8.80. The van der Waals surface area contributed by atoms with Gasteiger partial charge in [-0.15, -0.1) is 12.4 Å². The van der Waals surface area contributed by atoms with Crippen molar-refractivity contribution in [3.63, 3.8) is 0 Å². The smallest absolute Gasteiger partial charge is 0.376 e. The normalized spacial score (nSPS) is 15.3. The van der Waals surface area contributed by atoms with Crippen molar-refractivity contribution in [2.24, 2.45) is 0 Å². The number of aryl methyl sites for hydroxylation is 3. The number of hydrogen-bond acceptors (Lipinski definition) is 9. The predicted octanol–water partition coefficient (Wildman–Crippen LogP) is 6.92. The number of ether oxygens (including phenoxy) is 3. The molecule has 2 aliphatic heterocycles. The predicted molar refractivity (Wildman–Crippen MR) is 225 cm³/mol. The van der Waals surface area contributed by atoms with Gasteiger partial charge in [-0.2, -0.15) is 0 Å². The van der Waals surface area contributed by atoms with Gasteiger partial charge in [0.2, 0.25) is 0 Å². The molecule has 6 rings (SSSR count). The number of rotatable bonds is 17. The zero-order chi connectivity index (χ0) is 38.4. The second-order valence-corrected chi connectivity index (χ2v) is 13.9. The van der Waals surface area contributed by atoms with Gasteiger partial charge in [0.25, 0.3) is 0 Å². The number of phenolic OH excluding ortho intramolecular Hbond substituents is 1. The van der Waals surface area contributed by atoms with Gasteiger partial charge in [0.1, 0.15) is 35.2 Å². The molecule has 300 valence electrons. The first kappa shape index (κ1) is 45.6. The molecule has 0 saturated heterocycles. The van der Waals surface area contributed by atoms with Crippen LogP contribution in [-0.4, -0.2) is 90.4 Å². The minimum Gasteiger partial charge on any atom is -0.508 e. The molecule has 0 fully saturated rings. The van der Waals surface area contributed by atoms with Crippen LogP contribution in [0.1, 0.15) is 61.3 Å². The van der Waals surface area contributed by atoms with E-state index in [1.807, 2.05) is 29.1 Å². The van der Waals surface area contributed by atoms with E-state index in [0.29, 0.717) is 26.1 Å². The lowest BCUT2D eigenvalue weighted by atomic mass is 9.84. The Bertz CT molecular complexity index is 1600. The molecule has 0 amide bonds. The molecule has 0 aromatic heterocycles. The van der Waals surface area contributed by atoms with Crippen LogP contribution < -0.4 is 19.5 Å². The first-order valence-electron chi connectivity index (χ1n) is 19.7. The van der Waals surface area contributed by atoms with Crippen molar-refractivity contribution in [3.8, 4) is 23.0 Å². The lowest BCUT2D eigenvalue weighted by Gasteiger charge is -2.32. The van der Waals surface area contributed by atoms with Gasteiger partial charge in [0.05, 0.1) is 6.61 Å². The van der Waals surface area contributed by atoms with Crippen LogP contribution in [0, 0.1) is 0 Å². The van der Waals surface area contributed by atoms with Crippen LogP contribution in [0.2, 0.25) is 6.82 Å². The highest BCUT2D eigenvalue weighted by atomic mass is 35.5. The Labute approximate surface area is 335 Å². The maximum Gasteiger partial charge on any atom is 0.376 e. The van der Waals surface area contributed by atoms with E-state index in [-0.39, 0.29) is 43.6 Å². The second-order valence-electron chi connectivity index (χ2n) is 13.9. The first-order valence-corrected chi connectivity index (χ1v) is 19.7. The van der Waals surface area contributed by atoms with Crippen LogP contribution in [0.25, 0.3) is 0 Å². The van der Waals surface area contributed by atoms with Gasteiger partial charge in [-0.3, -0.25) is 0 Å². The Morgan fingerprint density at radius 3 is 2.02 bits per heavy atom. The molecule has 0 bridgehead atoms. The van der Waals surface area contributed by atoms with Gasteiger partial charge in [-0.1, -0.05) is 86.1 Å². The molecule has 2 unspecified atom stereocenters. The number of halogens is 1. The van der Waals surface area contributed by atoms with Crippen LogP contribution in [-0.2, 0) is 25.7 Å². The molecule has 0 aliphatic carbocycles. The molecule has 0 saturated carbocycles. The van der Waals surface area contributed by atoms with Crippen LogP contribution in [0.4, 0.5) is 0 Å². The van der Waals surface area contributed by atoms with Crippen molar-refractivity contribution in [3.05, 3.63) is 119 Å².